The molecule has 0 aromatic carbocycles. The zero-order valence-corrected chi connectivity index (χ0v) is 22.8. The normalized spacial score (nSPS) is 46.3. The van der Waals surface area contributed by atoms with Crippen LogP contribution in [-0.4, -0.2) is 53.6 Å². The molecule has 0 aromatic heterocycles. The van der Waals surface area contributed by atoms with Crippen molar-refractivity contribution in [2.75, 3.05) is 12.3 Å². The second kappa shape index (κ2) is 9.88. The molecule has 1 amide bonds. The summed E-state index contributed by atoms with van der Waals surface area (Å²) in [5, 5.41) is 24.7. The third-order valence-electron chi connectivity index (χ3n) is 11.6. The van der Waals surface area contributed by atoms with Gasteiger partial charge in [0.15, 0.2) is 0 Å². The van der Waals surface area contributed by atoms with Crippen molar-refractivity contribution >= 4 is 16.0 Å². The summed E-state index contributed by atoms with van der Waals surface area (Å²) in [4.78, 5) is 12.2. The SMILES string of the molecule is C[C@H](CCC(=O)NCCS(=O)(=O)O)[C@H]1CCC2C3CC[C@@H]4C[C@H](O)C[C@@H](C)[C@]4(C)C3C[C@H](O)[C@@]21C. The fraction of sp³-hybridized carbons (Fsp3) is 0.963. The van der Waals surface area contributed by atoms with Gasteiger partial charge in [0, 0.05) is 13.0 Å². The lowest BCUT2D eigenvalue weighted by molar-refractivity contribution is -0.190. The van der Waals surface area contributed by atoms with Crippen molar-refractivity contribution in [3.63, 3.8) is 0 Å². The summed E-state index contributed by atoms with van der Waals surface area (Å²) in [7, 11) is -4.07. The number of carbonyl (C=O) groups is 1. The molecule has 4 rings (SSSR count). The Morgan fingerprint density at radius 3 is 2.43 bits per heavy atom. The van der Waals surface area contributed by atoms with Crippen LogP contribution in [0, 0.1) is 52.3 Å². The molecule has 8 heteroatoms. The number of aliphatic hydroxyl groups excluding tert-OH is 2. The van der Waals surface area contributed by atoms with Crippen molar-refractivity contribution in [1.29, 1.82) is 0 Å². The number of fused-ring (bicyclic) bond motifs is 5. The quantitative estimate of drug-likeness (QED) is 0.385. The number of carbonyl (C=O) groups excluding carboxylic acids is 1. The van der Waals surface area contributed by atoms with Crippen LogP contribution in [0.15, 0.2) is 0 Å². The number of aliphatic hydroxyl groups is 2. The molecular formula is C27H47NO6S. The Hall–Kier alpha value is -0.700. The fourth-order valence-electron chi connectivity index (χ4n) is 9.59. The molecule has 202 valence electrons. The van der Waals surface area contributed by atoms with Crippen LogP contribution in [0.5, 0.6) is 0 Å². The molecule has 3 unspecified atom stereocenters. The van der Waals surface area contributed by atoms with E-state index in [1.54, 1.807) is 0 Å². The first kappa shape index (κ1) is 27.3. The van der Waals surface area contributed by atoms with Gasteiger partial charge in [0.05, 0.1) is 18.0 Å². The van der Waals surface area contributed by atoms with Crippen molar-refractivity contribution in [1.82, 2.24) is 5.32 Å². The van der Waals surface area contributed by atoms with Gasteiger partial charge in [-0.25, -0.2) is 0 Å². The zero-order chi connectivity index (χ0) is 25.8. The molecule has 11 atom stereocenters. The molecule has 0 radical (unpaired) electrons. The van der Waals surface area contributed by atoms with Crippen molar-refractivity contribution in [2.24, 2.45) is 52.3 Å². The van der Waals surface area contributed by atoms with Crippen molar-refractivity contribution < 1.29 is 28.0 Å². The number of rotatable bonds is 7. The van der Waals surface area contributed by atoms with Gasteiger partial charge in [0.25, 0.3) is 10.1 Å². The summed E-state index contributed by atoms with van der Waals surface area (Å²) in [6.45, 7) is 9.20. The molecule has 0 saturated heterocycles. The van der Waals surface area contributed by atoms with E-state index in [4.69, 9.17) is 4.55 Å². The third-order valence-corrected chi connectivity index (χ3v) is 12.3. The molecule has 7 nitrogen and oxygen atoms in total. The topological polar surface area (TPSA) is 124 Å². The lowest BCUT2D eigenvalue weighted by Crippen LogP contribution is -2.60. The predicted molar refractivity (Wildman–Crippen MR) is 135 cm³/mol. The van der Waals surface area contributed by atoms with Gasteiger partial charge in [-0.3, -0.25) is 9.35 Å². The van der Waals surface area contributed by atoms with Crippen molar-refractivity contribution in [2.45, 2.75) is 97.7 Å². The summed E-state index contributed by atoms with van der Waals surface area (Å²) < 4.78 is 30.5. The Bertz CT molecular complexity index is 894. The summed E-state index contributed by atoms with van der Waals surface area (Å²) >= 11 is 0. The van der Waals surface area contributed by atoms with E-state index < -0.39 is 15.9 Å². The first-order chi connectivity index (χ1) is 16.3. The first-order valence-electron chi connectivity index (χ1n) is 13.9. The van der Waals surface area contributed by atoms with Crippen molar-refractivity contribution in [3.8, 4) is 0 Å². The number of hydrogen-bond acceptors (Lipinski definition) is 5. The molecule has 0 aliphatic heterocycles. The highest BCUT2D eigenvalue weighted by molar-refractivity contribution is 7.85. The summed E-state index contributed by atoms with van der Waals surface area (Å²) in [5.41, 5.74) is 0.0525. The molecule has 0 aromatic rings. The second-order valence-corrected chi connectivity index (χ2v) is 14.6. The summed E-state index contributed by atoms with van der Waals surface area (Å²) in [6, 6.07) is 0. The highest BCUT2D eigenvalue weighted by Crippen LogP contribution is 2.69. The number of amides is 1. The van der Waals surface area contributed by atoms with Crippen LogP contribution in [0.25, 0.3) is 0 Å². The van der Waals surface area contributed by atoms with Gasteiger partial charge in [-0.2, -0.15) is 8.42 Å². The highest BCUT2D eigenvalue weighted by Gasteiger charge is 2.64. The molecule has 4 saturated carbocycles. The summed E-state index contributed by atoms with van der Waals surface area (Å²) in [6.07, 6.45) is 7.76. The van der Waals surface area contributed by atoms with Gasteiger partial charge in [-0.15, -0.1) is 0 Å². The summed E-state index contributed by atoms with van der Waals surface area (Å²) in [5.74, 6) is 2.66. The van der Waals surface area contributed by atoms with E-state index in [1.807, 2.05) is 0 Å². The molecule has 35 heavy (non-hydrogen) atoms. The van der Waals surface area contributed by atoms with Crippen LogP contribution in [0.2, 0.25) is 0 Å². The minimum absolute atomic E-state index is 0.0771. The maximum Gasteiger partial charge on any atom is 0.266 e. The standard InChI is InChI=1S/C27H47NO6S/c1-16(5-10-25(31)28-11-12-35(32,33)34)21-8-9-22-20-7-6-18-14-19(29)13-17(2)26(18,3)23(20)15-24(30)27(21,22)4/h16-24,29-30H,5-15H2,1-4H3,(H,28,31)(H,32,33,34)/t16-,17-,18-,19-,20?,21-,22?,23?,24+,26+,27-/m1/s1. The maximum atomic E-state index is 12.2. The Morgan fingerprint density at radius 1 is 1.03 bits per heavy atom. The van der Waals surface area contributed by atoms with Crippen LogP contribution in [0.3, 0.4) is 0 Å². The smallest absolute Gasteiger partial charge is 0.266 e. The van der Waals surface area contributed by atoms with Gasteiger partial charge in [-0.1, -0.05) is 27.7 Å². The van der Waals surface area contributed by atoms with Gasteiger partial charge in [-0.05, 0) is 104 Å². The molecule has 4 aliphatic carbocycles. The van der Waals surface area contributed by atoms with Gasteiger partial charge in [0.1, 0.15) is 0 Å². The van der Waals surface area contributed by atoms with E-state index in [0.29, 0.717) is 54.3 Å². The maximum absolute atomic E-state index is 12.2. The molecule has 0 spiro atoms. The predicted octanol–water partition coefficient (Wildman–Crippen LogP) is 3.64. The molecule has 4 aliphatic rings. The van der Waals surface area contributed by atoms with E-state index in [0.717, 1.165) is 32.1 Å². The number of nitrogens with one attached hydrogen (secondary N) is 1. The largest absolute Gasteiger partial charge is 0.393 e. The fourth-order valence-corrected chi connectivity index (χ4v) is 9.95. The van der Waals surface area contributed by atoms with Gasteiger partial charge in [0.2, 0.25) is 5.91 Å². The highest BCUT2D eigenvalue weighted by atomic mass is 32.2. The first-order valence-corrected chi connectivity index (χ1v) is 15.5. The molecule has 4 N–H and O–H groups in total. The Labute approximate surface area is 211 Å². The van der Waals surface area contributed by atoms with Gasteiger partial charge >= 0.3 is 0 Å². The van der Waals surface area contributed by atoms with E-state index in [1.165, 1.54) is 12.8 Å². The van der Waals surface area contributed by atoms with Gasteiger partial charge < -0.3 is 15.5 Å². The van der Waals surface area contributed by atoms with Crippen LogP contribution in [-0.2, 0) is 14.9 Å². The average Bonchev–Trinajstić information content (AvgIpc) is 3.12. The van der Waals surface area contributed by atoms with E-state index >= 15 is 0 Å². The molecular weight excluding hydrogens is 466 g/mol. The van der Waals surface area contributed by atoms with E-state index in [-0.39, 0.29) is 35.5 Å². The minimum Gasteiger partial charge on any atom is -0.393 e. The Morgan fingerprint density at radius 2 is 1.74 bits per heavy atom. The van der Waals surface area contributed by atoms with Crippen LogP contribution < -0.4 is 5.32 Å². The second-order valence-electron chi connectivity index (χ2n) is 13.0. The Kier molecular flexibility index (Phi) is 7.72. The number of hydrogen-bond donors (Lipinski definition) is 4. The lowest BCUT2D eigenvalue weighted by atomic mass is 9.42. The van der Waals surface area contributed by atoms with Crippen molar-refractivity contribution in [3.05, 3.63) is 0 Å². The minimum atomic E-state index is -4.07. The van der Waals surface area contributed by atoms with Crippen LogP contribution in [0.1, 0.15) is 85.5 Å². The van der Waals surface area contributed by atoms with E-state index in [9.17, 15) is 23.4 Å². The molecule has 4 fully saturated rings. The Balaban J connectivity index is 1.42. The zero-order valence-electron chi connectivity index (χ0n) is 21.9. The van der Waals surface area contributed by atoms with E-state index in [2.05, 4.69) is 33.0 Å². The third kappa shape index (κ3) is 4.94. The average molecular weight is 514 g/mol. The monoisotopic (exact) mass is 513 g/mol. The lowest BCUT2D eigenvalue weighted by Gasteiger charge is -2.64. The van der Waals surface area contributed by atoms with Crippen LogP contribution in [0.4, 0.5) is 0 Å². The van der Waals surface area contributed by atoms with Crippen LogP contribution >= 0.6 is 0 Å². The molecule has 0 bridgehead atoms. The molecule has 0 heterocycles.